The van der Waals surface area contributed by atoms with E-state index in [0.29, 0.717) is 0 Å². The molecule has 0 radical (unpaired) electrons. The Morgan fingerprint density at radius 3 is 2.35 bits per heavy atom. The summed E-state index contributed by atoms with van der Waals surface area (Å²) in [4.78, 5) is 34.7. The van der Waals surface area contributed by atoms with Crippen molar-refractivity contribution in [2.24, 2.45) is 5.92 Å². The van der Waals surface area contributed by atoms with Gasteiger partial charge in [0.05, 0.1) is 5.56 Å². The molecule has 0 spiro atoms. The Morgan fingerprint density at radius 1 is 1.15 bits per heavy atom. The number of benzene rings is 1. The van der Waals surface area contributed by atoms with E-state index in [4.69, 9.17) is 4.74 Å². The maximum Gasteiger partial charge on any atom is 0.416 e. The number of amides is 3. The molecule has 3 N–H and O–H groups in total. The molecule has 7 nitrogen and oxygen atoms in total. The van der Waals surface area contributed by atoms with Gasteiger partial charge in [-0.25, -0.2) is 0 Å². The standard InChI is InChI=1S/C16H20F3N3O4/c1-9(2)14(20-10(3)23)15(25)22-21-13(24)8-26-12-6-4-5-11(7-12)16(17,18)19/h4-7,9,14H,8H2,1-3H3,(H,20,23)(H,21,24)(H,22,25)/t14-/m1/s1. The number of ether oxygens (including phenoxy) is 1. The van der Waals surface area contributed by atoms with Crippen LogP contribution in [0.25, 0.3) is 0 Å². The molecule has 1 rings (SSSR count). The van der Waals surface area contributed by atoms with Crippen molar-refractivity contribution in [3.63, 3.8) is 0 Å². The Bertz CT molecular complexity index is 662. The minimum atomic E-state index is -4.52. The number of carbonyl (C=O) groups is 3. The first-order valence-electron chi connectivity index (χ1n) is 7.66. The molecule has 0 aliphatic rings. The molecular weight excluding hydrogens is 355 g/mol. The third-order valence-corrected chi connectivity index (χ3v) is 3.16. The van der Waals surface area contributed by atoms with Gasteiger partial charge in [0.15, 0.2) is 6.61 Å². The summed E-state index contributed by atoms with van der Waals surface area (Å²) in [5, 5.41) is 2.44. The lowest BCUT2D eigenvalue weighted by Gasteiger charge is -2.21. The van der Waals surface area contributed by atoms with Crippen LogP contribution < -0.4 is 20.9 Å². The molecule has 3 amide bonds. The van der Waals surface area contributed by atoms with Gasteiger partial charge in [-0.3, -0.25) is 25.2 Å². The molecule has 0 aliphatic heterocycles. The molecule has 0 aromatic heterocycles. The van der Waals surface area contributed by atoms with E-state index < -0.39 is 42.1 Å². The van der Waals surface area contributed by atoms with Gasteiger partial charge in [0, 0.05) is 6.92 Å². The van der Waals surface area contributed by atoms with Crippen LogP contribution in [0.5, 0.6) is 5.75 Å². The summed E-state index contributed by atoms with van der Waals surface area (Å²) in [7, 11) is 0. The maximum absolute atomic E-state index is 12.6. The molecule has 0 aliphatic carbocycles. The monoisotopic (exact) mass is 375 g/mol. The van der Waals surface area contributed by atoms with Gasteiger partial charge in [-0.15, -0.1) is 0 Å². The lowest BCUT2D eigenvalue weighted by atomic mass is 10.0. The minimum Gasteiger partial charge on any atom is -0.484 e. The van der Waals surface area contributed by atoms with Gasteiger partial charge in [-0.05, 0) is 24.1 Å². The fourth-order valence-electron chi connectivity index (χ4n) is 1.91. The van der Waals surface area contributed by atoms with Gasteiger partial charge >= 0.3 is 6.18 Å². The first kappa shape index (κ1) is 21.3. The quantitative estimate of drug-likeness (QED) is 0.655. The summed E-state index contributed by atoms with van der Waals surface area (Å²) < 4.78 is 42.8. The number of hydrogen-bond acceptors (Lipinski definition) is 4. The predicted molar refractivity (Wildman–Crippen MR) is 85.7 cm³/mol. The van der Waals surface area contributed by atoms with Crippen LogP contribution in [0.15, 0.2) is 24.3 Å². The maximum atomic E-state index is 12.6. The smallest absolute Gasteiger partial charge is 0.416 e. The van der Waals surface area contributed by atoms with Crippen molar-refractivity contribution in [2.75, 3.05) is 6.61 Å². The molecule has 0 fully saturated rings. The number of nitrogens with one attached hydrogen (secondary N) is 3. The molecule has 0 bridgehead atoms. The number of halogens is 3. The minimum absolute atomic E-state index is 0.139. The van der Waals surface area contributed by atoms with E-state index in [0.717, 1.165) is 18.2 Å². The van der Waals surface area contributed by atoms with Crippen LogP contribution >= 0.6 is 0 Å². The molecule has 0 heterocycles. The molecular formula is C16H20F3N3O4. The van der Waals surface area contributed by atoms with E-state index >= 15 is 0 Å². The molecule has 0 saturated heterocycles. The highest BCUT2D eigenvalue weighted by molar-refractivity contribution is 5.89. The summed E-state index contributed by atoms with van der Waals surface area (Å²) in [5.41, 5.74) is 3.29. The molecule has 10 heteroatoms. The second-order valence-electron chi connectivity index (χ2n) is 5.77. The van der Waals surface area contributed by atoms with Crippen molar-refractivity contribution in [3.8, 4) is 5.75 Å². The van der Waals surface area contributed by atoms with Crippen LogP contribution in [0.1, 0.15) is 26.3 Å². The molecule has 1 aromatic carbocycles. The van der Waals surface area contributed by atoms with Crippen molar-refractivity contribution in [1.29, 1.82) is 0 Å². The number of alkyl halides is 3. The largest absolute Gasteiger partial charge is 0.484 e. The molecule has 26 heavy (non-hydrogen) atoms. The van der Waals surface area contributed by atoms with E-state index in [2.05, 4.69) is 16.2 Å². The van der Waals surface area contributed by atoms with E-state index in [9.17, 15) is 27.6 Å². The normalized spacial score (nSPS) is 12.3. The summed E-state index contributed by atoms with van der Waals surface area (Å²) in [6, 6.07) is 3.21. The predicted octanol–water partition coefficient (Wildman–Crippen LogP) is 1.39. The van der Waals surface area contributed by atoms with Crippen molar-refractivity contribution < 1.29 is 32.3 Å². The topological polar surface area (TPSA) is 96.5 Å². The van der Waals surface area contributed by atoms with E-state index in [-0.39, 0.29) is 11.7 Å². The summed E-state index contributed by atoms with van der Waals surface area (Å²) in [6.45, 7) is 4.07. The fraction of sp³-hybridized carbons (Fsp3) is 0.438. The van der Waals surface area contributed by atoms with Gasteiger partial charge < -0.3 is 10.1 Å². The van der Waals surface area contributed by atoms with Crippen LogP contribution in [-0.4, -0.2) is 30.4 Å². The Morgan fingerprint density at radius 2 is 1.81 bits per heavy atom. The lowest BCUT2D eigenvalue weighted by molar-refractivity contribution is -0.137. The van der Waals surface area contributed by atoms with Crippen LogP contribution in [0.3, 0.4) is 0 Å². The average molecular weight is 375 g/mol. The highest BCUT2D eigenvalue weighted by Gasteiger charge is 2.30. The first-order chi connectivity index (χ1) is 12.0. The summed E-state index contributed by atoms with van der Waals surface area (Å²) in [5.74, 6) is -2.18. The number of rotatable bonds is 6. The van der Waals surface area contributed by atoms with Crippen LogP contribution in [0.2, 0.25) is 0 Å². The van der Waals surface area contributed by atoms with Crippen molar-refractivity contribution in [2.45, 2.75) is 33.0 Å². The molecule has 1 atom stereocenters. The second-order valence-corrected chi connectivity index (χ2v) is 5.77. The van der Waals surface area contributed by atoms with Gasteiger partial charge in [0.1, 0.15) is 11.8 Å². The number of carbonyl (C=O) groups excluding carboxylic acids is 3. The van der Waals surface area contributed by atoms with Crippen LogP contribution in [0.4, 0.5) is 13.2 Å². The second kappa shape index (κ2) is 9.07. The Labute approximate surface area is 148 Å². The summed E-state index contributed by atoms with van der Waals surface area (Å²) in [6.07, 6.45) is -4.52. The van der Waals surface area contributed by atoms with E-state index in [1.165, 1.54) is 13.0 Å². The third kappa shape index (κ3) is 6.99. The Kier molecular flexibility index (Phi) is 7.41. The van der Waals surface area contributed by atoms with Gasteiger partial charge in [-0.2, -0.15) is 13.2 Å². The van der Waals surface area contributed by atoms with Gasteiger partial charge in [0.25, 0.3) is 11.8 Å². The van der Waals surface area contributed by atoms with Crippen molar-refractivity contribution in [1.82, 2.24) is 16.2 Å². The molecule has 1 aromatic rings. The Balaban J connectivity index is 2.52. The molecule has 144 valence electrons. The zero-order valence-electron chi connectivity index (χ0n) is 14.4. The van der Waals surface area contributed by atoms with Gasteiger partial charge in [-0.1, -0.05) is 19.9 Å². The fourth-order valence-corrected chi connectivity index (χ4v) is 1.91. The highest BCUT2D eigenvalue weighted by Crippen LogP contribution is 2.31. The molecule has 0 unspecified atom stereocenters. The number of hydrogen-bond donors (Lipinski definition) is 3. The Hall–Kier alpha value is -2.78. The van der Waals surface area contributed by atoms with Crippen molar-refractivity contribution in [3.05, 3.63) is 29.8 Å². The van der Waals surface area contributed by atoms with Crippen LogP contribution in [0, 0.1) is 5.92 Å². The molecule has 0 saturated carbocycles. The highest BCUT2D eigenvalue weighted by atomic mass is 19.4. The van der Waals surface area contributed by atoms with E-state index in [1.807, 2.05) is 0 Å². The SMILES string of the molecule is CC(=O)N[C@@H](C(=O)NNC(=O)COc1cccc(C(F)(F)F)c1)C(C)C. The van der Waals surface area contributed by atoms with E-state index in [1.54, 1.807) is 13.8 Å². The van der Waals surface area contributed by atoms with Crippen LogP contribution in [-0.2, 0) is 20.6 Å². The first-order valence-corrected chi connectivity index (χ1v) is 7.66. The average Bonchev–Trinajstić information content (AvgIpc) is 2.54. The lowest BCUT2D eigenvalue weighted by Crippen LogP contribution is -2.54. The summed E-state index contributed by atoms with van der Waals surface area (Å²) >= 11 is 0. The number of hydrazine groups is 1. The zero-order chi connectivity index (χ0) is 19.9. The third-order valence-electron chi connectivity index (χ3n) is 3.16. The van der Waals surface area contributed by atoms with Crippen molar-refractivity contribution >= 4 is 17.7 Å². The zero-order valence-corrected chi connectivity index (χ0v) is 14.4. The van der Waals surface area contributed by atoms with Gasteiger partial charge in [0.2, 0.25) is 5.91 Å².